The van der Waals surface area contributed by atoms with Gasteiger partial charge in [0.2, 0.25) is 0 Å². The molecule has 0 saturated heterocycles. The van der Waals surface area contributed by atoms with E-state index in [1.165, 1.54) is 0 Å². The van der Waals surface area contributed by atoms with Gasteiger partial charge in [-0.25, -0.2) is 0 Å². The predicted molar refractivity (Wildman–Crippen MR) is 117 cm³/mol. The summed E-state index contributed by atoms with van der Waals surface area (Å²) in [4.78, 5) is 7.54. The molecule has 0 spiro atoms. The molecular weight excluding hydrogens is 380 g/mol. The molecule has 0 aliphatic heterocycles. The van der Waals surface area contributed by atoms with Crippen LogP contribution in [-0.4, -0.2) is 25.3 Å². The molecule has 0 bridgehead atoms. The fourth-order valence-electron chi connectivity index (χ4n) is 3.29. The van der Waals surface area contributed by atoms with Crippen molar-refractivity contribution >= 4 is 10.8 Å². The van der Waals surface area contributed by atoms with Crippen molar-refractivity contribution in [3.63, 3.8) is 0 Å². The summed E-state index contributed by atoms with van der Waals surface area (Å²) in [5.41, 5.74) is 11.6. The number of ether oxygens (including phenoxy) is 3. The van der Waals surface area contributed by atoms with Gasteiger partial charge in [0.05, 0.1) is 32.6 Å². The molecule has 30 heavy (non-hydrogen) atoms. The average Bonchev–Trinajstić information content (AvgIpc) is 2.77. The maximum Gasteiger partial charge on any atom is 0.161 e. The average molecular weight is 406 g/mol. The van der Waals surface area contributed by atoms with E-state index in [1.807, 2.05) is 30.3 Å². The van der Waals surface area contributed by atoms with Crippen molar-refractivity contribution in [3.8, 4) is 17.2 Å². The zero-order valence-corrected chi connectivity index (χ0v) is 17.8. The monoisotopic (exact) mass is 406 g/mol. The van der Waals surface area contributed by atoms with Crippen LogP contribution in [0.4, 0.5) is 0 Å². The summed E-state index contributed by atoms with van der Waals surface area (Å²) in [6.45, 7) is 4.38. The second-order valence-electron chi connectivity index (χ2n) is 7.03. The number of pyridine rings is 1. The van der Waals surface area contributed by atoms with E-state index in [-0.39, 0.29) is 12.6 Å². The van der Waals surface area contributed by atoms with Crippen LogP contribution < -0.4 is 14.2 Å². The maximum atomic E-state index is 8.72. The van der Waals surface area contributed by atoms with E-state index in [2.05, 4.69) is 34.9 Å². The van der Waals surface area contributed by atoms with E-state index in [0.29, 0.717) is 17.9 Å². The minimum atomic E-state index is 0.163. The number of rotatable bonds is 9. The van der Waals surface area contributed by atoms with Gasteiger partial charge in [-0.15, -0.1) is 0 Å². The first kappa shape index (κ1) is 21.3. The van der Waals surface area contributed by atoms with Crippen LogP contribution in [0.15, 0.2) is 47.7 Å². The van der Waals surface area contributed by atoms with Crippen LogP contribution in [0.5, 0.6) is 17.2 Å². The number of fused-ring (bicyclic) bond motifs is 1. The lowest BCUT2D eigenvalue weighted by molar-refractivity contribution is 0.217. The van der Waals surface area contributed by atoms with Crippen LogP contribution in [0.3, 0.4) is 0 Å². The Bertz CT molecular complexity index is 1080. The zero-order chi connectivity index (χ0) is 21.5. The molecular formula is C23H26N4O3. The van der Waals surface area contributed by atoms with Crippen molar-refractivity contribution in [2.24, 2.45) is 5.11 Å². The van der Waals surface area contributed by atoms with Crippen LogP contribution in [-0.2, 0) is 13.0 Å². The van der Waals surface area contributed by atoms with E-state index >= 15 is 0 Å². The first-order chi connectivity index (χ1) is 14.6. The van der Waals surface area contributed by atoms with E-state index in [1.54, 1.807) is 20.4 Å². The lowest BCUT2D eigenvalue weighted by Crippen LogP contribution is -2.09. The number of methoxy groups -OCH3 is 2. The highest BCUT2D eigenvalue weighted by Gasteiger charge is 2.14. The van der Waals surface area contributed by atoms with Crippen molar-refractivity contribution in [1.29, 1.82) is 0 Å². The molecule has 3 aromatic rings. The summed E-state index contributed by atoms with van der Waals surface area (Å²) in [6, 6.07) is 11.9. The van der Waals surface area contributed by atoms with Gasteiger partial charge in [-0.2, -0.15) is 0 Å². The Labute approximate surface area is 176 Å². The third kappa shape index (κ3) is 4.75. The molecule has 1 atom stereocenters. The van der Waals surface area contributed by atoms with Crippen LogP contribution >= 0.6 is 0 Å². The Morgan fingerprint density at radius 1 is 1.10 bits per heavy atom. The fraction of sp³-hybridized carbons (Fsp3) is 0.348. The maximum absolute atomic E-state index is 8.72. The molecule has 0 aliphatic rings. The molecule has 1 unspecified atom stereocenters. The molecule has 1 heterocycles. The summed E-state index contributed by atoms with van der Waals surface area (Å²) in [5, 5.41) is 5.57. The van der Waals surface area contributed by atoms with Crippen LogP contribution in [0.2, 0.25) is 0 Å². The van der Waals surface area contributed by atoms with Gasteiger partial charge in [0.15, 0.2) is 11.5 Å². The highest BCUT2D eigenvalue weighted by molar-refractivity contribution is 5.90. The first-order valence-corrected chi connectivity index (χ1v) is 9.88. The van der Waals surface area contributed by atoms with Crippen LogP contribution in [0.1, 0.15) is 37.1 Å². The highest BCUT2D eigenvalue weighted by atomic mass is 16.5. The number of hydrogen-bond acceptors (Lipinski definition) is 5. The van der Waals surface area contributed by atoms with Crippen molar-refractivity contribution in [3.05, 3.63) is 69.9 Å². The highest BCUT2D eigenvalue weighted by Crippen LogP contribution is 2.35. The minimum absolute atomic E-state index is 0.163. The third-order valence-electron chi connectivity index (χ3n) is 5.04. The van der Waals surface area contributed by atoms with Crippen molar-refractivity contribution in [2.45, 2.75) is 39.3 Å². The normalized spacial score (nSPS) is 11.6. The summed E-state index contributed by atoms with van der Waals surface area (Å²) >= 11 is 0. The zero-order valence-electron chi connectivity index (χ0n) is 17.8. The molecule has 2 aromatic carbocycles. The molecule has 0 N–H and O–H groups in total. The van der Waals surface area contributed by atoms with Crippen LogP contribution in [0.25, 0.3) is 21.2 Å². The Hall–Kier alpha value is -3.44. The molecule has 0 aliphatic carbocycles. The summed E-state index contributed by atoms with van der Waals surface area (Å²) in [6.07, 6.45) is 3.50. The first-order valence-electron chi connectivity index (χ1n) is 9.88. The smallest absolute Gasteiger partial charge is 0.161 e. The molecule has 156 valence electrons. The van der Waals surface area contributed by atoms with Crippen molar-refractivity contribution in [2.75, 3.05) is 14.2 Å². The van der Waals surface area contributed by atoms with Crippen molar-refractivity contribution < 1.29 is 14.2 Å². The molecule has 0 fully saturated rings. The largest absolute Gasteiger partial charge is 0.493 e. The lowest BCUT2D eigenvalue weighted by atomic mass is 10.00. The SMILES string of the molecule is CCC(C)Oc1cccc(Cc2ncc(CN=[N+]=[N-])c3cc(OC)c(OC)cc23)c1. The van der Waals surface area contributed by atoms with E-state index in [9.17, 15) is 0 Å². The second kappa shape index (κ2) is 9.85. The minimum Gasteiger partial charge on any atom is -0.493 e. The second-order valence-corrected chi connectivity index (χ2v) is 7.03. The van der Waals surface area contributed by atoms with Gasteiger partial charge in [-0.05, 0) is 59.7 Å². The molecule has 0 amide bonds. The Kier molecular flexibility index (Phi) is 6.99. The third-order valence-corrected chi connectivity index (χ3v) is 5.04. The van der Waals surface area contributed by atoms with E-state index in [4.69, 9.17) is 19.7 Å². The molecule has 7 nitrogen and oxygen atoms in total. The Morgan fingerprint density at radius 3 is 2.50 bits per heavy atom. The van der Waals surface area contributed by atoms with Gasteiger partial charge in [-0.3, -0.25) is 4.98 Å². The van der Waals surface area contributed by atoms with Gasteiger partial charge in [0.1, 0.15) is 5.75 Å². The van der Waals surface area contributed by atoms with Crippen molar-refractivity contribution in [1.82, 2.24) is 4.98 Å². The molecule has 0 radical (unpaired) electrons. The number of hydrogen-bond donors (Lipinski definition) is 0. The summed E-state index contributed by atoms with van der Waals surface area (Å²) < 4.78 is 16.9. The lowest BCUT2D eigenvalue weighted by Gasteiger charge is -2.15. The van der Waals surface area contributed by atoms with Gasteiger partial charge >= 0.3 is 0 Å². The summed E-state index contributed by atoms with van der Waals surface area (Å²) in [5.74, 6) is 2.10. The summed E-state index contributed by atoms with van der Waals surface area (Å²) in [7, 11) is 3.21. The quantitative estimate of drug-likeness (QED) is 0.254. The van der Waals surface area contributed by atoms with Gasteiger partial charge in [0, 0.05) is 22.9 Å². The van der Waals surface area contributed by atoms with Crippen LogP contribution in [0, 0.1) is 0 Å². The number of aromatic nitrogens is 1. The van der Waals surface area contributed by atoms with E-state index < -0.39 is 0 Å². The van der Waals surface area contributed by atoms with Gasteiger partial charge in [0.25, 0.3) is 0 Å². The van der Waals surface area contributed by atoms with Gasteiger partial charge in [-0.1, -0.05) is 24.2 Å². The topological polar surface area (TPSA) is 89.3 Å². The predicted octanol–water partition coefficient (Wildman–Crippen LogP) is 5.83. The molecule has 1 aromatic heterocycles. The number of azide groups is 1. The Balaban J connectivity index is 2.05. The molecule has 0 saturated carbocycles. The molecule has 3 rings (SSSR count). The molecule has 7 heteroatoms. The fourth-order valence-corrected chi connectivity index (χ4v) is 3.29. The van der Waals surface area contributed by atoms with Gasteiger partial charge < -0.3 is 14.2 Å². The Morgan fingerprint density at radius 2 is 1.83 bits per heavy atom. The van der Waals surface area contributed by atoms with E-state index in [0.717, 1.165) is 39.8 Å². The standard InChI is InChI=1S/C23H26N4O3/c1-5-15(2)30-18-8-6-7-16(9-18)10-21-20-12-23(29-4)22(28-3)11-19(20)17(13-25-21)14-26-27-24/h6-9,11-13,15H,5,10,14H2,1-4H3. The number of benzene rings is 2. The number of nitrogens with zero attached hydrogens (tertiary/aromatic N) is 4.